The highest BCUT2D eigenvalue weighted by atomic mass is 32.2. The van der Waals surface area contributed by atoms with Gasteiger partial charge in [0.2, 0.25) is 27.8 Å². The first-order chi connectivity index (χ1) is 19.8. The van der Waals surface area contributed by atoms with Gasteiger partial charge in [0.25, 0.3) is 0 Å². The number of anilines is 1. The van der Waals surface area contributed by atoms with Crippen molar-refractivity contribution in [3.63, 3.8) is 0 Å². The molecule has 4 N–H and O–H groups in total. The second kappa shape index (κ2) is 12.8. The highest BCUT2D eigenvalue weighted by Gasteiger charge is 2.38. The average Bonchev–Trinajstić information content (AvgIpc) is 3.46. The van der Waals surface area contributed by atoms with Crippen LogP contribution in [0.4, 0.5) is 5.95 Å². The molecule has 3 aromatic rings. The van der Waals surface area contributed by atoms with Gasteiger partial charge in [0.1, 0.15) is 12.1 Å². The third kappa shape index (κ3) is 7.47. The number of fused-ring (bicyclic) bond motifs is 1. The molecule has 3 atom stereocenters. The molecule has 216 valence electrons. The molecule has 11 heteroatoms. The largest absolute Gasteiger partial charge is 0.368 e. The molecule has 1 saturated heterocycles. The van der Waals surface area contributed by atoms with Crippen molar-refractivity contribution in [1.29, 1.82) is 0 Å². The first-order valence-corrected chi connectivity index (χ1v) is 15.7. The molecule has 1 aliphatic carbocycles. The first-order valence-electron chi connectivity index (χ1n) is 14.0. The Bertz CT molecular complexity index is 1470. The smallest absolute Gasteiger partial charge is 0.242 e. The molecule has 1 aliphatic heterocycles. The predicted molar refractivity (Wildman–Crippen MR) is 156 cm³/mol. The van der Waals surface area contributed by atoms with Crippen molar-refractivity contribution in [3.8, 4) is 0 Å². The maximum absolute atomic E-state index is 13.9. The Morgan fingerprint density at radius 1 is 1.02 bits per heavy atom. The van der Waals surface area contributed by atoms with E-state index in [1.165, 1.54) is 0 Å². The maximum atomic E-state index is 13.9. The van der Waals surface area contributed by atoms with Crippen LogP contribution in [0.3, 0.4) is 0 Å². The normalized spacial score (nSPS) is 19.4. The van der Waals surface area contributed by atoms with Crippen molar-refractivity contribution in [2.24, 2.45) is 5.92 Å². The molecule has 2 amide bonds. The Kier molecular flexibility index (Phi) is 8.94. The minimum absolute atomic E-state index is 0.187. The van der Waals surface area contributed by atoms with Crippen LogP contribution in [-0.4, -0.2) is 60.3 Å². The minimum Gasteiger partial charge on any atom is -0.368 e. The summed E-state index contributed by atoms with van der Waals surface area (Å²) in [6.07, 6.45) is 5.56. The summed E-state index contributed by atoms with van der Waals surface area (Å²) in [5.74, 6) is -0.321. The zero-order valence-electron chi connectivity index (χ0n) is 22.9. The molecule has 0 spiro atoms. The van der Waals surface area contributed by atoms with Crippen LogP contribution in [0, 0.1) is 5.92 Å². The van der Waals surface area contributed by atoms with E-state index in [1.807, 2.05) is 36.4 Å². The summed E-state index contributed by atoms with van der Waals surface area (Å²) in [7, 11) is -3.83. The average molecular weight is 577 g/mol. The monoisotopic (exact) mass is 576 g/mol. The topological polar surface area (TPSA) is 147 Å². The van der Waals surface area contributed by atoms with Gasteiger partial charge in [-0.2, -0.15) is 0 Å². The number of hydrogen-bond acceptors (Lipinski definition) is 7. The lowest BCUT2D eigenvalue weighted by atomic mass is 9.87. The van der Waals surface area contributed by atoms with Crippen molar-refractivity contribution in [2.75, 3.05) is 18.8 Å². The minimum atomic E-state index is -3.83. The lowest BCUT2D eigenvalue weighted by Crippen LogP contribution is -2.54. The number of benzene rings is 2. The van der Waals surface area contributed by atoms with Gasteiger partial charge >= 0.3 is 0 Å². The van der Waals surface area contributed by atoms with E-state index in [1.54, 1.807) is 35.4 Å². The summed E-state index contributed by atoms with van der Waals surface area (Å²) in [6, 6.07) is 16.5. The number of carbonyl (C=O) groups is 2. The van der Waals surface area contributed by atoms with Crippen LogP contribution in [0.25, 0.3) is 0 Å². The number of amides is 2. The third-order valence-corrected chi connectivity index (χ3v) is 9.13. The number of nitrogens with two attached hydrogens (primary N) is 1. The Morgan fingerprint density at radius 2 is 1.73 bits per heavy atom. The predicted octanol–water partition coefficient (Wildman–Crippen LogP) is 2.00. The molecule has 2 aromatic carbocycles. The Hall–Kier alpha value is -3.83. The maximum Gasteiger partial charge on any atom is 0.242 e. The van der Waals surface area contributed by atoms with Gasteiger partial charge in [-0.3, -0.25) is 9.59 Å². The standard InChI is InChI=1S/C30H36N6O4S/c31-30-33-19-24-16-23(13-14-25(24)34-30)18-32-28(37)27-12-7-15-36(27)29(38)26(17-21-8-3-1-4-9-21)35-41(39,40)20-22-10-5-2-6-11-22/h1-6,8-11,19,23,26-27,35H,7,12-18,20H2,(H,32,37)(H2,31,33,34)/t23?,26-,27+/m1/s1. The lowest BCUT2D eigenvalue weighted by molar-refractivity contribution is -0.139. The van der Waals surface area contributed by atoms with Gasteiger partial charge in [-0.1, -0.05) is 60.7 Å². The van der Waals surface area contributed by atoms with Gasteiger partial charge in [-0.15, -0.1) is 0 Å². The quantitative estimate of drug-likeness (QED) is 0.334. The summed E-state index contributed by atoms with van der Waals surface area (Å²) < 4.78 is 28.9. The highest BCUT2D eigenvalue weighted by Crippen LogP contribution is 2.25. The number of carbonyl (C=O) groups excluding carboxylic acids is 2. The van der Waals surface area contributed by atoms with E-state index >= 15 is 0 Å². The number of nitrogens with zero attached hydrogens (tertiary/aromatic N) is 3. The SMILES string of the molecule is Nc1ncc2c(n1)CCC(CNC(=O)[C@@H]1CCCN1C(=O)[C@@H](Cc1ccccc1)NS(=O)(=O)Cc1ccccc1)C2. The number of aryl methyl sites for hydroxylation is 1. The molecule has 2 heterocycles. The third-order valence-electron chi connectivity index (χ3n) is 7.78. The van der Waals surface area contributed by atoms with E-state index in [4.69, 9.17) is 5.73 Å². The molecule has 0 saturated carbocycles. The van der Waals surface area contributed by atoms with E-state index in [0.29, 0.717) is 31.5 Å². The number of nitrogen functional groups attached to an aromatic ring is 1. The number of likely N-dealkylation sites (tertiary alicyclic amines) is 1. The van der Waals surface area contributed by atoms with Gasteiger partial charge in [0.05, 0.1) is 5.75 Å². The molecule has 2 aliphatic rings. The summed E-state index contributed by atoms with van der Waals surface area (Å²) in [5, 5.41) is 3.05. The zero-order chi connectivity index (χ0) is 28.8. The fraction of sp³-hybridized carbons (Fsp3) is 0.400. The molecular formula is C30H36N6O4S. The van der Waals surface area contributed by atoms with Crippen LogP contribution in [0.15, 0.2) is 66.9 Å². The second-order valence-electron chi connectivity index (χ2n) is 10.8. The summed E-state index contributed by atoms with van der Waals surface area (Å²) in [6.45, 7) is 0.885. The molecule has 1 fully saturated rings. The number of rotatable bonds is 10. The summed E-state index contributed by atoms with van der Waals surface area (Å²) >= 11 is 0. The van der Waals surface area contributed by atoms with Gasteiger partial charge in [0.15, 0.2) is 0 Å². The number of aromatic nitrogens is 2. The van der Waals surface area contributed by atoms with Gasteiger partial charge in [-0.05, 0) is 61.1 Å². The fourth-order valence-corrected chi connectivity index (χ4v) is 7.05. The van der Waals surface area contributed by atoms with Gasteiger partial charge in [0, 0.05) is 25.0 Å². The molecule has 0 radical (unpaired) electrons. The number of sulfonamides is 1. The van der Waals surface area contributed by atoms with Crippen LogP contribution >= 0.6 is 0 Å². The van der Waals surface area contributed by atoms with E-state index in [2.05, 4.69) is 20.0 Å². The Morgan fingerprint density at radius 3 is 2.46 bits per heavy atom. The van der Waals surface area contributed by atoms with Gasteiger partial charge in [-0.25, -0.2) is 23.1 Å². The second-order valence-corrected chi connectivity index (χ2v) is 12.6. The molecular weight excluding hydrogens is 540 g/mol. The molecule has 41 heavy (non-hydrogen) atoms. The number of hydrogen-bond donors (Lipinski definition) is 3. The summed E-state index contributed by atoms with van der Waals surface area (Å²) in [5.41, 5.74) is 9.18. The van der Waals surface area contributed by atoms with Crippen LogP contribution < -0.4 is 15.8 Å². The van der Waals surface area contributed by atoms with Crippen molar-refractivity contribution in [2.45, 2.75) is 56.4 Å². The van der Waals surface area contributed by atoms with E-state index in [-0.39, 0.29) is 35.9 Å². The molecule has 1 aromatic heterocycles. The molecule has 10 nitrogen and oxygen atoms in total. The Balaban J connectivity index is 1.25. The van der Waals surface area contributed by atoms with Gasteiger partial charge < -0.3 is 16.0 Å². The van der Waals surface area contributed by atoms with Crippen molar-refractivity contribution >= 4 is 27.8 Å². The van der Waals surface area contributed by atoms with E-state index < -0.39 is 22.1 Å². The number of nitrogens with one attached hydrogen (secondary N) is 2. The van der Waals surface area contributed by atoms with Crippen molar-refractivity contribution < 1.29 is 18.0 Å². The first kappa shape index (κ1) is 28.7. The lowest BCUT2D eigenvalue weighted by Gasteiger charge is -2.30. The fourth-order valence-electron chi connectivity index (χ4n) is 5.72. The molecule has 5 rings (SSSR count). The van der Waals surface area contributed by atoms with Crippen LogP contribution in [-0.2, 0) is 44.6 Å². The van der Waals surface area contributed by atoms with E-state index in [9.17, 15) is 18.0 Å². The van der Waals surface area contributed by atoms with Crippen LogP contribution in [0.2, 0.25) is 0 Å². The molecule has 1 unspecified atom stereocenters. The van der Waals surface area contributed by atoms with Crippen LogP contribution in [0.5, 0.6) is 0 Å². The zero-order valence-corrected chi connectivity index (χ0v) is 23.7. The van der Waals surface area contributed by atoms with Crippen LogP contribution in [0.1, 0.15) is 41.6 Å². The van der Waals surface area contributed by atoms with Crippen molar-refractivity contribution in [3.05, 3.63) is 89.2 Å². The molecule has 0 bridgehead atoms. The Labute approximate surface area is 240 Å². The highest BCUT2D eigenvalue weighted by molar-refractivity contribution is 7.88. The summed E-state index contributed by atoms with van der Waals surface area (Å²) in [4.78, 5) is 37.1. The van der Waals surface area contributed by atoms with Crippen molar-refractivity contribution in [1.82, 2.24) is 24.9 Å². The van der Waals surface area contributed by atoms with E-state index in [0.717, 1.165) is 36.1 Å².